The van der Waals surface area contributed by atoms with Crippen molar-refractivity contribution in [1.82, 2.24) is 10.2 Å². The van der Waals surface area contributed by atoms with E-state index >= 15 is 0 Å². The predicted octanol–water partition coefficient (Wildman–Crippen LogP) is 5.85. The fourth-order valence-electron chi connectivity index (χ4n) is 4.70. The van der Waals surface area contributed by atoms with E-state index in [1.54, 1.807) is 52.0 Å². The maximum Gasteiger partial charge on any atom is 0.408 e. The minimum Gasteiger partial charge on any atom is -0.508 e. The van der Waals surface area contributed by atoms with Gasteiger partial charge in [0.25, 0.3) is 5.91 Å². The summed E-state index contributed by atoms with van der Waals surface area (Å²) >= 11 is 0. The van der Waals surface area contributed by atoms with E-state index in [1.165, 1.54) is 29.2 Å². The molecule has 0 saturated heterocycles. The van der Waals surface area contributed by atoms with E-state index in [0.29, 0.717) is 22.4 Å². The highest BCUT2D eigenvalue weighted by molar-refractivity contribution is 6.00. The van der Waals surface area contributed by atoms with Gasteiger partial charge in [-0.25, -0.2) is 4.79 Å². The molecular weight excluding hydrogens is 546 g/mol. The van der Waals surface area contributed by atoms with Crippen LogP contribution in [0.2, 0.25) is 0 Å². The minimum atomic E-state index is -1.15. The third-order valence-electron chi connectivity index (χ3n) is 6.80. The Morgan fingerprint density at radius 3 is 2.14 bits per heavy atom. The van der Waals surface area contributed by atoms with Gasteiger partial charge in [0.2, 0.25) is 5.91 Å². The topological polar surface area (TPSA) is 128 Å². The van der Waals surface area contributed by atoms with Gasteiger partial charge in [-0.15, -0.1) is 6.58 Å². The molecular formula is C34H41N3O6. The number of rotatable bonds is 10. The number of ether oxygens (including phenoxy) is 1. The second-order valence-electron chi connectivity index (χ2n) is 11.6. The lowest BCUT2D eigenvalue weighted by Crippen LogP contribution is -2.53. The Balaban J connectivity index is 2.10. The third kappa shape index (κ3) is 8.85. The Labute approximate surface area is 253 Å². The zero-order valence-corrected chi connectivity index (χ0v) is 25.6. The van der Waals surface area contributed by atoms with Crippen LogP contribution in [-0.4, -0.2) is 51.2 Å². The van der Waals surface area contributed by atoms with Gasteiger partial charge in [-0.1, -0.05) is 42.5 Å². The molecule has 3 rings (SSSR count). The number of para-hydroxylation sites is 1. The molecule has 0 bridgehead atoms. The summed E-state index contributed by atoms with van der Waals surface area (Å²) in [7, 11) is 0. The van der Waals surface area contributed by atoms with E-state index in [4.69, 9.17) is 4.74 Å². The number of phenols is 2. The van der Waals surface area contributed by atoms with Crippen LogP contribution in [0.25, 0.3) is 0 Å². The number of hydrogen-bond donors (Lipinski definition) is 4. The SMILES string of the molecule is C=CCN(C(=O)C(Cc1ccc(O)cc1)NC(=O)OC(C)(C)C)C(C(=O)Nc1c(C)cccc1C)c1ccc(O)c(C)c1. The Morgan fingerprint density at radius 1 is 0.953 bits per heavy atom. The van der Waals surface area contributed by atoms with Crippen molar-refractivity contribution in [2.75, 3.05) is 11.9 Å². The normalized spacial score (nSPS) is 12.5. The smallest absolute Gasteiger partial charge is 0.408 e. The number of benzene rings is 3. The summed E-state index contributed by atoms with van der Waals surface area (Å²) < 4.78 is 5.45. The van der Waals surface area contributed by atoms with E-state index in [-0.39, 0.29) is 24.5 Å². The number of nitrogens with one attached hydrogen (secondary N) is 2. The highest BCUT2D eigenvalue weighted by atomic mass is 16.6. The number of hydrogen-bond acceptors (Lipinski definition) is 6. The van der Waals surface area contributed by atoms with Crippen LogP contribution in [0.15, 0.2) is 73.3 Å². The summed E-state index contributed by atoms with van der Waals surface area (Å²) in [5.41, 5.74) is 3.19. The summed E-state index contributed by atoms with van der Waals surface area (Å²) in [6.45, 7) is 14.4. The number of carbonyl (C=O) groups excluding carboxylic acids is 3. The number of carbonyl (C=O) groups is 3. The monoisotopic (exact) mass is 587 g/mol. The lowest BCUT2D eigenvalue weighted by atomic mass is 9.98. The van der Waals surface area contributed by atoms with Crippen LogP contribution in [0, 0.1) is 20.8 Å². The second-order valence-corrected chi connectivity index (χ2v) is 11.6. The minimum absolute atomic E-state index is 0.0221. The first-order valence-electron chi connectivity index (χ1n) is 14.1. The molecule has 0 aliphatic rings. The summed E-state index contributed by atoms with van der Waals surface area (Å²) in [6, 6.07) is 14.4. The quantitative estimate of drug-likeness (QED) is 0.220. The lowest BCUT2D eigenvalue weighted by Gasteiger charge is -2.34. The maximum atomic E-state index is 14.4. The number of phenolic OH excluding ortho intramolecular Hbond substituents is 2. The molecule has 4 N–H and O–H groups in total. The maximum absolute atomic E-state index is 14.4. The first-order valence-corrected chi connectivity index (χ1v) is 14.1. The third-order valence-corrected chi connectivity index (χ3v) is 6.80. The van der Waals surface area contributed by atoms with Gasteiger partial charge < -0.3 is 30.5 Å². The number of amides is 3. The molecule has 0 aliphatic heterocycles. The molecule has 2 unspecified atom stereocenters. The van der Waals surface area contributed by atoms with Crippen LogP contribution in [-0.2, 0) is 20.7 Å². The lowest BCUT2D eigenvalue weighted by molar-refractivity contribution is -0.140. The molecule has 43 heavy (non-hydrogen) atoms. The van der Waals surface area contributed by atoms with Crippen molar-refractivity contribution in [2.24, 2.45) is 0 Å². The van der Waals surface area contributed by atoms with E-state index in [2.05, 4.69) is 17.2 Å². The molecule has 0 radical (unpaired) electrons. The average Bonchev–Trinajstić information content (AvgIpc) is 2.92. The number of aryl methyl sites for hydroxylation is 3. The molecule has 3 aromatic carbocycles. The molecule has 2 atom stereocenters. The van der Waals surface area contributed by atoms with Crippen molar-refractivity contribution in [3.63, 3.8) is 0 Å². The Bertz CT molecular complexity index is 1460. The van der Waals surface area contributed by atoms with Crippen molar-refractivity contribution in [3.8, 4) is 11.5 Å². The highest BCUT2D eigenvalue weighted by Gasteiger charge is 2.36. The number of aromatic hydroxyl groups is 2. The summed E-state index contributed by atoms with van der Waals surface area (Å²) in [6.07, 6.45) is 0.779. The van der Waals surface area contributed by atoms with Gasteiger partial charge in [-0.3, -0.25) is 9.59 Å². The van der Waals surface area contributed by atoms with E-state index < -0.39 is 35.6 Å². The fourth-order valence-corrected chi connectivity index (χ4v) is 4.70. The van der Waals surface area contributed by atoms with Crippen molar-refractivity contribution < 1.29 is 29.3 Å². The van der Waals surface area contributed by atoms with Gasteiger partial charge in [-0.2, -0.15) is 0 Å². The standard InChI is InChI=1S/C34H41N3O6/c1-8-18-37(32(41)27(35-33(42)43-34(5,6)7)20-24-12-15-26(38)16-13-24)30(25-14-17-28(39)23(4)19-25)31(40)36-29-21(2)10-9-11-22(29)3/h8-17,19,27,30,38-39H,1,18,20H2,2-7H3,(H,35,42)(H,36,40). The molecule has 0 saturated carbocycles. The molecule has 3 amide bonds. The molecule has 0 spiro atoms. The Morgan fingerprint density at radius 2 is 1.58 bits per heavy atom. The predicted molar refractivity (Wildman–Crippen MR) is 167 cm³/mol. The van der Waals surface area contributed by atoms with E-state index in [9.17, 15) is 24.6 Å². The first-order chi connectivity index (χ1) is 20.2. The van der Waals surface area contributed by atoms with Crippen LogP contribution in [0.4, 0.5) is 10.5 Å². The van der Waals surface area contributed by atoms with Gasteiger partial charge in [0.05, 0.1) is 0 Å². The number of alkyl carbamates (subject to hydrolysis) is 1. The summed E-state index contributed by atoms with van der Waals surface area (Å²) in [4.78, 5) is 42.8. The van der Waals surface area contributed by atoms with Crippen LogP contribution in [0.3, 0.4) is 0 Å². The van der Waals surface area contributed by atoms with Gasteiger partial charge in [-0.05, 0) is 93.6 Å². The number of anilines is 1. The van der Waals surface area contributed by atoms with Gasteiger partial charge in [0.15, 0.2) is 0 Å². The Kier molecular flexibility index (Phi) is 10.6. The second kappa shape index (κ2) is 13.9. The molecule has 228 valence electrons. The van der Waals surface area contributed by atoms with Crippen LogP contribution in [0.5, 0.6) is 11.5 Å². The van der Waals surface area contributed by atoms with Gasteiger partial charge >= 0.3 is 6.09 Å². The molecule has 9 heteroatoms. The van der Waals surface area contributed by atoms with E-state index in [1.807, 2.05) is 32.0 Å². The number of nitrogens with zero attached hydrogens (tertiary/aromatic N) is 1. The van der Waals surface area contributed by atoms with Crippen LogP contribution < -0.4 is 10.6 Å². The van der Waals surface area contributed by atoms with Crippen molar-refractivity contribution >= 4 is 23.6 Å². The first kappa shape index (κ1) is 32.7. The molecule has 0 aliphatic carbocycles. The molecule has 0 fully saturated rings. The highest BCUT2D eigenvalue weighted by Crippen LogP contribution is 2.30. The summed E-state index contributed by atoms with van der Waals surface area (Å²) in [5.74, 6) is -0.911. The zero-order chi connectivity index (χ0) is 31.9. The Hall–Kier alpha value is -4.79. The van der Waals surface area contributed by atoms with Crippen molar-refractivity contribution in [2.45, 2.75) is 65.6 Å². The molecule has 0 heterocycles. The average molecular weight is 588 g/mol. The van der Waals surface area contributed by atoms with E-state index in [0.717, 1.165) is 11.1 Å². The van der Waals surface area contributed by atoms with Gasteiger partial charge in [0.1, 0.15) is 29.2 Å². The largest absolute Gasteiger partial charge is 0.508 e. The van der Waals surface area contributed by atoms with Crippen molar-refractivity contribution in [3.05, 3.63) is 101 Å². The van der Waals surface area contributed by atoms with Crippen LogP contribution >= 0.6 is 0 Å². The van der Waals surface area contributed by atoms with Crippen LogP contribution in [0.1, 0.15) is 54.6 Å². The summed E-state index contributed by atoms with van der Waals surface area (Å²) in [5, 5.41) is 25.7. The molecule has 0 aromatic heterocycles. The fraction of sp³-hybridized carbons (Fsp3) is 0.324. The molecule has 9 nitrogen and oxygen atoms in total. The van der Waals surface area contributed by atoms with Gasteiger partial charge in [0, 0.05) is 18.7 Å². The molecule has 3 aromatic rings. The zero-order valence-electron chi connectivity index (χ0n) is 25.6. The van der Waals surface area contributed by atoms with Crippen molar-refractivity contribution in [1.29, 1.82) is 0 Å².